The molecule has 1 unspecified atom stereocenters. The molecule has 2 aromatic rings. The van der Waals surface area contributed by atoms with Crippen LogP contribution in [0.3, 0.4) is 0 Å². The highest BCUT2D eigenvalue weighted by atomic mass is 79.9. The molecule has 1 amide bonds. The first-order valence-corrected chi connectivity index (χ1v) is 11.4. The average Bonchev–Trinajstić information content (AvgIpc) is 3.08. The van der Waals surface area contributed by atoms with Gasteiger partial charge in [-0.3, -0.25) is 14.5 Å². The number of aliphatic hydroxyl groups is 1. The van der Waals surface area contributed by atoms with Crippen molar-refractivity contribution in [2.45, 2.75) is 6.04 Å². The maximum Gasteiger partial charge on any atom is 0.295 e. The number of morpholine rings is 1. The van der Waals surface area contributed by atoms with E-state index in [1.165, 1.54) is 24.1 Å². The number of hydrogen-bond acceptors (Lipinski definition) is 7. The van der Waals surface area contributed by atoms with Crippen LogP contribution in [0.2, 0.25) is 0 Å². The number of likely N-dealkylation sites (tertiary alicyclic amines) is 1. The Kier molecular flexibility index (Phi) is 7.02. The Hall–Kier alpha value is -2.88. The van der Waals surface area contributed by atoms with Gasteiger partial charge in [-0.05, 0) is 29.8 Å². The first-order chi connectivity index (χ1) is 15.9. The van der Waals surface area contributed by atoms with Crippen molar-refractivity contribution in [3.63, 3.8) is 0 Å². The Bertz CT molecular complexity index is 1080. The normalized spacial score (nSPS) is 20.9. The van der Waals surface area contributed by atoms with Gasteiger partial charge in [0.2, 0.25) is 0 Å². The van der Waals surface area contributed by atoms with Crippen LogP contribution in [-0.2, 0) is 14.3 Å². The molecule has 2 aliphatic heterocycles. The largest absolute Gasteiger partial charge is 0.507 e. The molecule has 2 aliphatic rings. The maximum absolute atomic E-state index is 13.1. The molecule has 2 N–H and O–H groups in total. The van der Waals surface area contributed by atoms with Crippen molar-refractivity contribution in [3.05, 3.63) is 63.6 Å². The van der Waals surface area contributed by atoms with E-state index in [-0.39, 0.29) is 16.9 Å². The molecule has 174 valence electrons. The Morgan fingerprint density at radius 3 is 2.45 bits per heavy atom. The third kappa shape index (κ3) is 4.75. The molecule has 9 heteroatoms. The van der Waals surface area contributed by atoms with Crippen molar-refractivity contribution >= 4 is 33.4 Å². The van der Waals surface area contributed by atoms with E-state index in [1.807, 2.05) is 24.3 Å². The highest BCUT2D eigenvalue weighted by Crippen LogP contribution is 2.41. The van der Waals surface area contributed by atoms with Crippen LogP contribution in [0.25, 0.3) is 5.76 Å². The molecule has 0 aromatic heterocycles. The number of phenolic OH excluding ortho intramolecular Hbond substituents is 1. The smallest absolute Gasteiger partial charge is 0.295 e. The zero-order valence-electron chi connectivity index (χ0n) is 18.2. The standard InChI is InChI=1S/C24H25BrN2O6/c1-32-17-6-7-18(19(28)14-17)22(29)20-21(15-2-4-16(25)5-3-15)27(24(31)23(20)30)9-8-26-10-12-33-13-11-26/h2-7,14,21,28-29H,8-13H2,1H3/b22-20+. The third-order valence-electron chi connectivity index (χ3n) is 5.95. The second-order valence-corrected chi connectivity index (χ2v) is 8.80. The number of carbonyl (C=O) groups is 2. The topological polar surface area (TPSA) is 99.5 Å². The summed E-state index contributed by atoms with van der Waals surface area (Å²) in [4.78, 5) is 29.8. The highest BCUT2D eigenvalue weighted by molar-refractivity contribution is 9.10. The molecular weight excluding hydrogens is 492 g/mol. The third-order valence-corrected chi connectivity index (χ3v) is 6.48. The lowest BCUT2D eigenvalue weighted by molar-refractivity contribution is -0.140. The number of benzene rings is 2. The number of aromatic hydroxyl groups is 1. The minimum atomic E-state index is -0.780. The number of methoxy groups -OCH3 is 1. The minimum Gasteiger partial charge on any atom is -0.507 e. The lowest BCUT2D eigenvalue weighted by Gasteiger charge is -2.31. The van der Waals surface area contributed by atoms with E-state index in [0.717, 1.165) is 17.6 Å². The average molecular weight is 517 g/mol. The van der Waals surface area contributed by atoms with Crippen LogP contribution >= 0.6 is 15.9 Å². The second-order valence-electron chi connectivity index (χ2n) is 7.88. The molecular formula is C24H25BrN2O6. The number of ether oxygens (including phenoxy) is 2. The lowest BCUT2D eigenvalue weighted by Crippen LogP contribution is -2.42. The highest BCUT2D eigenvalue weighted by Gasteiger charge is 2.46. The van der Waals surface area contributed by atoms with Gasteiger partial charge in [-0.15, -0.1) is 0 Å². The van der Waals surface area contributed by atoms with E-state index in [0.29, 0.717) is 37.6 Å². The van der Waals surface area contributed by atoms with Crippen LogP contribution in [-0.4, -0.2) is 78.2 Å². The first kappa shape index (κ1) is 23.3. The summed E-state index contributed by atoms with van der Waals surface area (Å²) < 4.78 is 11.3. The SMILES string of the molecule is COc1ccc(/C(O)=C2\C(=O)C(=O)N(CCN3CCOCC3)C2c2ccc(Br)cc2)c(O)c1. The van der Waals surface area contributed by atoms with Gasteiger partial charge >= 0.3 is 0 Å². The number of Topliss-reactive ketones (excluding diaryl/α,β-unsaturated/α-hetero) is 1. The summed E-state index contributed by atoms with van der Waals surface area (Å²) in [7, 11) is 1.46. The van der Waals surface area contributed by atoms with Gasteiger partial charge < -0.3 is 24.6 Å². The molecule has 0 spiro atoms. The summed E-state index contributed by atoms with van der Waals surface area (Å²) in [5.74, 6) is -1.72. The van der Waals surface area contributed by atoms with Gasteiger partial charge in [0.1, 0.15) is 17.3 Å². The molecule has 2 heterocycles. The molecule has 33 heavy (non-hydrogen) atoms. The van der Waals surface area contributed by atoms with E-state index in [9.17, 15) is 19.8 Å². The van der Waals surface area contributed by atoms with E-state index >= 15 is 0 Å². The number of ketones is 1. The van der Waals surface area contributed by atoms with Crippen LogP contribution in [0.4, 0.5) is 0 Å². The number of hydrogen-bond donors (Lipinski definition) is 2. The molecule has 8 nitrogen and oxygen atoms in total. The minimum absolute atomic E-state index is 0.0511. The van der Waals surface area contributed by atoms with Crippen LogP contribution < -0.4 is 4.74 Å². The van der Waals surface area contributed by atoms with Crippen molar-refractivity contribution < 1.29 is 29.3 Å². The van der Waals surface area contributed by atoms with Gasteiger partial charge in [0.25, 0.3) is 11.7 Å². The predicted molar refractivity (Wildman–Crippen MR) is 125 cm³/mol. The molecule has 0 radical (unpaired) electrons. The van der Waals surface area contributed by atoms with Crippen LogP contribution in [0.5, 0.6) is 11.5 Å². The first-order valence-electron chi connectivity index (χ1n) is 10.6. The predicted octanol–water partition coefficient (Wildman–Crippen LogP) is 2.92. The Balaban J connectivity index is 1.75. The van der Waals surface area contributed by atoms with Gasteiger partial charge in [-0.2, -0.15) is 0 Å². The molecule has 0 bridgehead atoms. The number of rotatable bonds is 6. The van der Waals surface area contributed by atoms with Crippen LogP contribution in [0.15, 0.2) is 52.5 Å². The summed E-state index contributed by atoms with van der Waals surface area (Å²) >= 11 is 3.41. The number of phenols is 1. The summed E-state index contributed by atoms with van der Waals surface area (Å²) in [6.07, 6.45) is 0. The zero-order chi connectivity index (χ0) is 23.5. The number of carbonyl (C=O) groups excluding carboxylic acids is 2. The fraction of sp³-hybridized carbons (Fsp3) is 0.333. The fourth-order valence-corrected chi connectivity index (χ4v) is 4.42. The van der Waals surface area contributed by atoms with Crippen LogP contribution in [0.1, 0.15) is 17.2 Å². The monoisotopic (exact) mass is 516 g/mol. The van der Waals surface area contributed by atoms with Crippen molar-refractivity contribution in [1.82, 2.24) is 9.80 Å². The molecule has 2 aromatic carbocycles. The maximum atomic E-state index is 13.1. The van der Waals surface area contributed by atoms with E-state index < -0.39 is 23.5 Å². The Morgan fingerprint density at radius 2 is 1.82 bits per heavy atom. The summed E-state index contributed by atoms with van der Waals surface area (Å²) in [5.41, 5.74) is 0.697. The quantitative estimate of drug-likeness (QED) is 0.346. The fourth-order valence-electron chi connectivity index (χ4n) is 4.16. The van der Waals surface area contributed by atoms with Gasteiger partial charge in [-0.25, -0.2) is 0 Å². The number of aliphatic hydroxyl groups excluding tert-OH is 1. The number of nitrogens with zero attached hydrogens (tertiary/aromatic N) is 2. The summed E-state index contributed by atoms with van der Waals surface area (Å²) in [5, 5.41) is 21.5. The molecule has 4 rings (SSSR count). The van der Waals surface area contributed by atoms with Crippen molar-refractivity contribution in [3.8, 4) is 11.5 Å². The van der Waals surface area contributed by atoms with E-state index in [1.54, 1.807) is 6.07 Å². The molecule has 0 aliphatic carbocycles. The van der Waals surface area contributed by atoms with Crippen molar-refractivity contribution in [1.29, 1.82) is 0 Å². The molecule has 2 fully saturated rings. The molecule has 1 atom stereocenters. The Labute approximate surface area is 200 Å². The lowest BCUT2D eigenvalue weighted by atomic mass is 9.95. The van der Waals surface area contributed by atoms with E-state index in [2.05, 4.69) is 20.8 Å². The summed E-state index contributed by atoms with van der Waals surface area (Å²) in [6.45, 7) is 3.67. The van der Waals surface area contributed by atoms with Crippen LogP contribution in [0, 0.1) is 0 Å². The summed E-state index contributed by atoms with van der Waals surface area (Å²) in [6, 6.07) is 10.9. The van der Waals surface area contributed by atoms with Gasteiger partial charge in [0, 0.05) is 36.7 Å². The second kappa shape index (κ2) is 9.94. The Morgan fingerprint density at radius 1 is 1.12 bits per heavy atom. The van der Waals surface area contributed by atoms with E-state index in [4.69, 9.17) is 9.47 Å². The van der Waals surface area contributed by atoms with Gasteiger partial charge in [-0.1, -0.05) is 28.1 Å². The molecule has 2 saturated heterocycles. The molecule has 0 saturated carbocycles. The van der Waals surface area contributed by atoms with Gasteiger partial charge in [0.15, 0.2) is 0 Å². The zero-order valence-corrected chi connectivity index (χ0v) is 19.7. The van der Waals surface area contributed by atoms with Crippen molar-refractivity contribution in [2.75, 3.05) is 46.5 Å². The number of halogens is 1. The van der Waals surface area contributed by atoms with Gasteiger partial charge in [0.05, 0.1) is 37.5 Å². The van der Waals surface area contributed by atoms with Crippen molar-refractivity contribution in [2.24, 2.45) is 0 Å². The number of amides is 1.